The molecule has 1 amide bonds. The number of aromatic nitrogens is 1. The lowest BCUT2D eigenvalue weighted by Crippen LogP contribution is -2.47. The van der Waals surface area contributed by atoms with Gasteiger partial charge in [-0.1, -0.05) is 0 Å². The summed E-state index contributed by atoms with van der Waals surface area (Å²) in [6.45, 7) is 0. The van der Waals surface area contributed by atoms with Crippen LogP contribution in [0.1, 0.15) is 35.4 Å². The molecule has 2 unspecified atom stereocenters. The van der Waals surface area contributed by atoms with Crippen LogP contribution in [0.3, 0.4) is 0 Å². The monoisotopic (exact) mass is 237 g/mol. The fourth-order valence-corrected chi connectivity index (χ4v) is 3.28. The molecule has 1 aromatic rings. The Morgan fingerprint density at radius 3 is 2.81 bits per heavy atom. The Kier molecular flexibility index (Phi) is 2.65. The summed E-state index contributed by atoms with van der Waals surface area (Å²) in [7, 11) is 0. The third kappa shape index (κ3) is 1.97. The van der Waals surface area contributed by atoms with Crippen molar-refractivity contribution in [2.24, 2.45) is 0 Å². The highest BCUT2D eigenvalue weighted by molar-refractivity contribution is 7.11. The summed E-state index contributed by atoms with van der Waals surface area (Å²) in [6, 6.07) is 1.57. The molecule has 0 aromatic carbocycles. The lowest BCUT2D eigenvalue weighted by molar-refractivity contribution is 0.0928. The number of thiazole rings is 1. The number of carbonyl (C=O) groups is 1. The molecule has 2 N–H and O–H groups in total. The normalized spacial score (nSPS) is 32.6. The van der Waals surface area contributed by atoms with E-state index in [1.807, 2.05) is 0 Å². The number of rotatable bonds is 2. The molecule has 2 aliphatic rings. The van der Waals surface area contributed by atoms with Gasteiger partial charge in [-0.05, 0) is 25.7 Å². The molecule has 0 spiro atoms. The first kappa shape index (κ1) is 10.2. The maximum Gasteiger partial charge on any atom is 0.263 e. The van der Waals surface area contributed by atoms with Gasteiger partial charge in [0.05, 0.1) is 11.7 Å². The standard InChI is InChI=1S/C11H15N3OS/c15-11(10-5-12-6-16-10)14-9-3-7-1-2-8(4-9)13-7/h5-9,13H,1-4H2,(H,14,15). The topological polar surface area (TPSA) is 54.0 Å². The van der Waals surface area contributed by atoms with Crippen molar-refractivity contribution < 1.29 is 4.79 Å². The minimum atomic E-state index is 0.0359. The van der Waals surface area contributed by atoms with Gasteiger partial charge in [-0.25, -0.2) is 0 Å². The number of carbonyl (C=O) groups excluding carboxylic acids is 1. The van der Waals surface area contributed by atoms with E-state index in [4.69, 9.17) is 0 Å². The molecule has 2 atom stereocenters. The zero-order chi connectivity index (χ0) is 11.0. The van der Waals surface area contributed by atoms with Gasteiger partial charge in [0.1, 0.15) is 4.88 Å². The van der Waals surface area contributed by atoms with E-state index in [0.29, 0.717) is 23.0 Å². The first-order chi connectivity index (χ1) is 7.81. The molecule has 3 rings (SSSR count). The van der Waals surface area contributed by atoms with E-state index < -0.39 is 0 Å². The van der Waals surface area contributed by atoms with Gasteiger partial charge in [-0.15, -0.1) is 11.3 Å². The second-order valence-corrected chi connectivity index (χ2v) is 5.53. The minimum absolute atomic E-state index is 0.0359. The molecule has 1 aromatic heterocycles. The fraction of sp³-hybridized carbons (Fsp3) is 0.636. The van der Waals surface area contributed by atoms with Crippen LogP contribution in [0.25, 0.3) is 0 Å². The highest BCUT2D eigenvalue weighted by Crippen LogP contribution is 2.26. The quantitative estimate of drug-likeness (QED) is 0.811. The molecule has 2 bridgehead atoms. The third-order valence-corrected chi connectivity index (χ3v) is 4.24. The minimum Gasteiger partial charge on any atom is -0.348 e. The van der Waals surface area contributed by atoms with E-state index in [-0.39, 0.29) is 5.91 Å². The lowest BCUT2D eigenvalue weighted by Gasteiger charge is -2.29. The lowest BCUT2D eigenvalue weighted by atomic mass is 10.00. The third-order valence-electron chi connectivity index (χ3n) is 3.46. The van der Waals surface area contributed by atoms with Crippen molar-refractivity contribution in [2.45, 2.75) is 43.8 Å². The van der Waals surface area contributed by atoms with Crippen LogP contribution in [0.15, 0.2) is 11.7 Å². The van der Waals surface area contributed by atoms with Crippen LogP contribution < -0.4 is 10.6 Å². The highest BCUT2D eigenvalue weighted by atomic mass is 32.1. The summed E-state index contributed by atoms with van der Waals surface area (Å²) in [5.41, 5.74) is 1.70. The van der Waals surface area contributed by atoms with Gasteiger partial charge in [0.25, 0.3) is 5.91 Å². The van der Waals surface area contributed by atoms with E-state index in [1.165, 1.54) is 24.2 Å². The van der Waals surface area contributed by atoms with Crippen LogP contribution >= 0.6 is 11.3 Å². The van der Waals surface area contributed by atoms with Gasteiger partial charge in [0.2, 0.25) is 0 Å². The largest absolute Gasteiger partial charge is 0.348 e. The van der Waals surface area contributed by atoms with Crippen LogP contribution in [-0.4, -0.2) is 29.0 Å². The second-order valence-electron chi connectivity index (χ2n) is 4.65. The number of amides is 1. The molecule has 2 saturated heterocycles. The molecule has 0 radical (unpaired) electrons. The van der Waals surface area contributed by atoms with E-state index in [1.54, 1.807) is 11.7 Å². The van der Waals surface area contributed by atoms with Gasteiger partial charge in [-0.2, -0.15) is 0 Å². The molecule has 2 fully saturated rings. The Balaban J connectivity index is 1.61. The Bertz CT molecular complexity index is 367. The van der Waals surface area contributed by atoms with Crippen LogP contribution in [0.5, 0.6) is 0 Å². The number of hydrogen-bond acceptors (Lipinski definition) is 4. The summed E-state index contributed by atoms with van der Waals surface area (Å²) in [5.74, 6) is 0.0359. The maximum atomic E-state index is 11.8. The van der Waals surface area contributed by atoms with Crippen LogP contribution in [0, 0.1) is 0 Å². The molecule has 2 aliphatic heterocycles. The molecule has 5 heteroatoms. The number of piperidine rings is 1. The highest BCUT2D eigenvalue weighted by Gasteiger charge is 2.34. The van der Waals surface area contributed by atoms with Crippen LogP contribution in [0.2, 0.25) is 0 Å². The average Bonchev–Trinajstić information content (AvgIpc) is 2.88. The van der Waals surface area contributed by atoms with Gasteiger partial charge in [0, 0.05) is 18.1 Å². The second kappa shape index (κ2) is 4.14. The smallest absolute Gasteiger partial charge is 0.263 e. The zero-order valence-electron chi connectivity index (χ0n) is 8.98. The van der Waals surface area contributed by atoms with Crippen molar-refractivity contribution in [3.8, 4) is 0 Å². The molecule has 86 valence electrons. The number of nitrogens with one attached hydrogen (secondary N) is 2. The first-order valence-electron chi connectivity index (χ1n) is 5.76. The van der Waals surface area contributed by atoms with Crippen LogP contribution in [-0.2, 0) is 0 Å². The van der Waals surface area contributed by atoms with E-state index in [9.17, 15) is 4.79 Å². The Morgan fingerprint density at radius 2 is 2.19 bits per heavy atom. The molecule has 3 heterocycles. The maximum absolute atomic E-state index is 11.8. The summed E-state index contributed by atoms with van der Waals surface area (Å²) in [6.07, 6.45) is 6.30. The molecule has 0 aliphatic carbocycles. The van der Waals surface area contributed by atoms with Crippen molar-refractivity contribution in [1.29, 1.82) is 0 Å². The predicted molar refractivity (Wildman–Crippen MR) is 62.5 cm³/mol. The van der Waals surface area contributed by atoms with Crippen molar-refractivity contribution in [3.63, 3.8) is 0 Å². The Hall–Kier alpha value is -0.940. The van der Waals surface area contributed by atoms with Crippen molar-refractivity contribution in [3.05, 3.63) is 16.6 Å². The zero-order valence-corrected chi connectivity index (χ0v) is 9.80. The van der Waals surface area contributed by atoms with E-state index in [2.05, 4.69) is 15.6 Å². The van der Waals surface area contributed by atoms with E-state index in [0.717, 1.165) is 12.8 Å². The molecular formula is C11H15N3OS. The molecule has 0 saturated carbocycles. The van der Waals surface area contributed by atoms with Gasteiger partial charge >= 0.3 is 0 Å². The number of fused-ring (bicyclic) bond motifs is 2. The van der Waals surface area contributed by atoms with Crippen LogP contribution in [0.4, 0.5) is 0 Å². The van der Waals surface area contributed by atoms with E-state index >= 15 is 0 Å². The average molecular weight is 237 g/mol. The van der Waals surface area contributed by atoms with Gasteiger partial charge in [0.15, 0.2) is 0 Å². The number of hydrogen-bond donors (Lipinski definition) is 2. The number of nitrogens with zero attached hydrogens (tertiary/aromatic N) is 1. The Morgan fingerprint density at radius 1 is 1.44 bits per heavy atom. The fourth-order valence-electron chi connectivity index (χ4n) is 2.76. The summed E-state index contributed by atoms with van der Waals surface area (Å²) in [5, 5.41) is 6.68. The first-order valence-corrected chi connectivity index (χ1v) is 6.64. The Labute approximate surface area is 98.5 Å². The molecular weight excluding hydrogens is 222 g/mol. The molecule has 4 nitrogen and oxygen atoms in total. The SMILES string of the molecule is O=C(NC1CC2CCC(C1)N2)c1cncs1. The predicted octanol–water partition coefficient (Wildman–Crippen LogP) is 1.16. The summed E-state index contributed by atoms with van der Waals surface area (Å²) in [4.78, 5) is 16.5. The van der Waals surface area contributed by atoms with Crippen molar-refractivity contribution in [1.82, 2.24) is 15.6 Å². The van der Waals surface area contributed by atoms with Crippen molar-refractivity contribution >= 4 is 17.2 Å². The van der Waals surface area contributed by atoms with Gasteiger partial charge in [-0.3, -0.25) is 9.78 Å². The molecule has 16 heavy (non-hydrogen) atoms. The summed E-state index contributed by atoms with van der Waals surface area (Å²) >= 11 is 1.40. The van der Waals surface area contributed by atoms with Gasteiger partial charge < -0.3 is 10.6 Å². The van der Waals surface area contributed by atoms with Crippen molar-refractivity contribution in [2.75, 3.05) is 0 Å². The summed E-state index contributed by atoms with van der Waals surface area (Å²) < 4.78 is 0.